The number of rotatable bonds is 4. The molecule has 7 nitrogen and oxygen atoms in total. The van der Waals surface area contributed by atoms with Crippen LogP contribution in [0.15, 0.2) is 47.5 Å². The van der Waals surface area contributed by atoms with Gasteiger partial charge in [-0.05, 0) is 50.1 Å². The maximum Gasteiger partial charge on any atom is 0.157 e. The molecule has 0 N–H and O–H groups in total. The number of nitrogens with zero attached hydrogens (tertiary/aromatic N) is 6. The van der Waals surface area contributed by atoms with Gasteiger partial charge in [0, 0.05) is 17.8 Å². The highest BCUT2D eigenvalue weighted by atomic mass is 127. The monoisotopic (exact) mass is 528 g/mol. The van der Waals surface area contributed by atoms with Crippen LogP contribution in [0.2, 0.25) is 0 Å². The van der Waals surface area contributed by atoms with Crippen LogP contribution in [-0.4, -0.2) is 36.2 Å². The second-order valence-corrected chi connectivity index (χ2v) is 7.97. The van der Waals surface area contributed by atoms with Crippen LogP contribution >= 0.6 is 44.3 Å². The molecule has 0 spiro atoms. The van der Waals surface area contributed by atoms with Crippen molar-refractivity contribution in [1.82, 2.24) is 29.1 Å². The Hall–Kier alpha value is -1.58. The number of methoxy groups -OCH3 is 1. The number of imidazole rings is 1. The molecule has 4 aromatic heterocycles. The van der Waals surface area contributed by atoms with E-state index in [1.165, 1.54) is 0 Å². The van der Waals surface area contributed by atoms with E-state index in [0.29, 0.717) is 23.5 Å². The number of hydrogen-bond acceptors (Lipinski definition) is 5. The molecule has 0 radical (unpaired) electrons. The van der Waals surface area contributed by atoms with Gasteiger partial charge in [-0.25, -0.2) is 18.9 Å². The normalized spacial score (nSPS) is 11.6. The van der Waals surface area contributed by atoms with E-state index in [4.69, 9.17) is 9.84 Å². The van der Waals surface area contributed by atoms with E-state index in [1.54, 1.807) is 24.0 Å². The van der Waals surface area contributed by atoms with Gasteiger partial charge in [-0.2, -0.15) is 10.2 Å². The van der Waals surface area contributed by atoms with Crippen molar-refractivity contribution in [2.24, 2.45) is 0 Å². The summed E-state index contributed by atoms with van der Waals surface area (Å²) in [7, 11) is 1.63. The lowest BCUT2D eigenvalue weighted by molar-refractivity contribution is 0.414. The Morgan fingerprint density at radius 1 is 1.28 bits per heavy atom. The zero-order valence-corrected chi connectivity index (χ0v) is 17.6. The van der Waals surface area contributed by atoms with E-state index in [1.807, 2.05) is 34.9 Å². The average Bonchev–Trinajstić information content (AvgIpc) is 3.27. The van der Waals surface area contributed by atoms with Crippen molar-refractivity contribution >= 4 is 50.0 Å². The minimum Gasteiger partial charge on any atom is -0.494 e. The quantitative estimate of drug-likeness (QED) is 0.225. The lowest BCUT2D eigenvalue weighted by Crippen LogP contribution is -2.00. The molecule has 0 aromatic carbocycles. The van der Waals surface area contributed by atoms with Crippen LogP contribution in [0.5, 0.6) is 5.75 Å². The standard InChI is InChI=1S/C15H11BrIN6OP/c1-24-12-5-14-18-7-11(10-3-2-4-13(16)20-10)23(14)21-15(12)9-6-19-22(8-9)25-17/h2-8,25H,1H3. The largest absolute Gasteiger partial charge is 0.494 e. The molecule has 0 aliphatic heterocycles. The number of hydrogen-bond donors (Lipinski definition) is 0. The molecule has 0 amide bonds. The molecule has 0 saturated carbocycles. The number of aromatic nitrogens is 6. The summed E-state index contributed by atoms with van der Waals surface area (Å²) in [6.45, 7) is 0. The molecule has 4 rings (SSSR count). The van der Waals surface area contributed by atoms with Crippen molar-refractivity contribution < 1.29 is 4.74 Å². The Labute approximate surface area is 166 Å². The van der Waals surface area contributed by atoms with Gasteiger partial charge in [0.1, 0.15) is 16.0 Å². The molecule has 10 heteroatoms. The summed E-state index contributed by atoms with van der Waals surface area (Å²) in [5.41, 5.74) is 3.90. The van der Waals surface area contributed by atoms with Gasteiger partial charge in [0.25, 0.3) is 0 Å². The molecule has 4 heterocycles. The van der Waals surface area contributed by atoms with Gasteiger partial charge in [-0.15, -0.1) is 0 Å². The van der Waals surface area contributed by atoms with Crippen LogP contribution in [0, 0.1) is 0 Å². The lowest BCUT2D eigenvalue weighted by atomic mass is 10.2. The summed E-state index contributed by atoms with van der Waals surface area (Å²) in [5, 5.41) is 9.08. The fourth-order valence-corrected chi connectivity index (χ4v) is 3.90. The summed E-state index contributed by atoms with van der Waals surface area (Å²) in [4.78, 5) is 8.93. The van der Waals surface area contributed by atoms with Crippen molar-refractivity contribution in [3.05, 3.63) is 47.5 Å². The minimum absolute atomic E-state index is 0.527. The Morgan fingerprint density at radius 2 is 2.16 bits per heavy atom. The molecule has 0 fully saturated rings. The second kappa shape index (κ2) is 6.97. The summed E-state index contributed by atoms with van der Waals surface area (Å²) in [5.74, 6) is 0.656. The molecule has 126 valence electrons. The van der Waals surface area contributed by atoms with Crippen molar-refractivity contribution in [1.29, 1.82) is 0 Å². The number of halogens is 2. The van der Waals surface area contributed by atoms with Gasteiger partial charge >= 0.3 is 0 Å². The van der Waals surface area contributed by atoms with Crippen molar-refractivity contribution in [3.63, 3.8) is 0 Å². The first-order valence-corrected chi connectivity index (χ1v) is 12.0. The zero-order valence-electron chi connectivity index (χ0n) is 12.9. The Morgan fingerprint density at radius 3 is 2.88 bits per heavy atom. The molecule has 1 atom stereocenters. The Balaban J connectivity index is 1.92. The third kappa shape index (κ3) is 3.16. The van der Waals surface area contributed by atoms with E-state index < -0.39 is 0 Å². The maximum absolute atomic E-state index is 5.51. The van der Waals surface area contributed by atoms with E-state index in [9.17, 15) is 0 Å². The molecular formula is C15H11BrIN6OP. The number of pyridine rings is 1. The fourth-order valence-electron chi connectivity index (χ4n) is 2.47. The highest BCUT2D eigenvalue weighted by Gasteiger charge is 2.16. The number of ether oxygens (including phenoxy) is 1. The maximum atomic E-state index is 5.51. The van der Waals surface area contributed by atoms with Crippen LogP contribution in [0.4, 0.5) is 0 Å². The Kier molecular flexibility index (Phi) is 4.70. The zero-order chi connectivity index (χ0) is 17.4. The van der Waals surface area contributed by atoms with E-state index in [-0.39, 0.29) is 0 Å². The van der Waals surface area contributed by atoms with E-state index >= 15 is 0 Å². The first-order valence-electron chi connectivity index (χ1n) is 7.17. The lowest BCUT2D eigenvalue weighted by Gasteiger charge is -2.08. The second-order valence-electron chi connectivity index (χ2n) is 5.08. The third-order valence-electron chi connectivity index (χ3n) is 3.60. The van der Waals surface area contributed by atoms with Gasteiger partial charge < -0.3 is 4.74 Å². The average molecular weight is 529 g/mol. The highest BCUT2D eigenvalue weighted by Crippen LogP contribution is 2.32. The molecule has 1 unspecified atom stereocenters. The van der Waals surface area contributed by atoms with Gasteiger partial charge in [0.15, 0.2) is 11.4 Å². The van der Waals surface area contributed by atoms with Gasteiger partial charge in [0.05, 0.1) is 31.6 Å². The van der Waals surface area contributed by atoms with Crippen molar-refractivity contribution in [3.8, 4) is 28.4 Å². The van der Waals surface area contributed by atoms with Crippen LogP contribution in [0.1, 0.15) is 0 Å². The summed E-state index contributed by atoms with van der Waals surface area (Å²) in [6.07, 6.45) is 6.03. The molecule has 4 aromatic rings. The topological polar surface area (TPSA) is 70.1 Å². The summed E-state index contributed by atoms with van der Waals surface area (Å²) >= 11 is 5.69. The van der Waals surface area contributed by atoms with E-state index in [0.717, 1.165) is 21.6 Å². The minimum atomic E-state index is 0.527. The Bertz CT molecular complexity index is 1070. The van der Waals surface area contributed by atoms with Crippen LogP contribution in [-0.2, 0) is 0 Å². The van der Waals surface area contributed by atoms with E-state index in [2.05, 4.69) is 53.0 Å². The smallest absolute Gasteiger partial charge is 0.157 e. The molecule has 25 heavy (non-hydrogen) atoms. The summed E-state index contributed by atoms with van der Waals surface area (Å²) < 4.78 is 9.91. The van der Waals surface area contributed by atoms with Crippen molar-refractivity contribution in [2.45, 2.75) is 0 Å². The predicted molar refractivity (Wildman–Crippen MR) is 109 cm³/mol. The SMILES string of the molecule is COc1cc2ncc(-c3cccc(Br)n3)n2nc1-c1cnn(PI)c1. The van der Waals surface area contributed by atoms with Gasteiger partial charge in [0.2, 0.25) is 0 Å². The van der Waals surface area contributed by atoms with Crippen LogP contribution < -0.4 is 4.74 Å². The van der Waals surface area contributed by atoms with Gasteiger partial charge in [-0.1, -0.05) is 6.07 Å². The third-order valence-corrected chi connectivity index (χ3v) is 5.94. The fraction of sp³-hybridized carbons (Fsp3) is 0.0667. The summed E-state index contributed by atoms with van der Waals surface area (Å²) in [6, 6.07) is 7.61. The van der Waals surface area contributed by atoms with Crippen LogP contribution in [0.25, 0.3) is 28.3 Å². The van der Waals surface area contributed by atoms with Crippen LogP contribution in [0.3, 0.4) is 0 Å². The first-order chi connectivity index (χ1) is 12.2. The molecule has 0 bridgehead atoms. The number of fused-ring (bicyclic) bond motifs is 1. The molecule has 0 aliphatic rings. The predicted octanol–water partition coefficient (Wildman–Crippen LogP) is 4.22. The highest BCUT2D eigenvalue weighted by molar-refractivity contribution is 14.2. The van der Waals surface area contributed by atoms with Crippen molar-refractivity contribution in [2.75, 3.05) is 7.11 Å². The van der Waals surface area contributed by atoms with Gasteiger partial charge in [-0.3, -0.25) is 0 Å². The molecular weight excluding hydrogens is 518 g/mol. The molecule has 0 aliphatic carbocycles. The molecule has 0 saturated heterocycles. The first kappa shape index (κ1) is 16.9.